The van der Waals surface area contributed by atoms with Gasteiger partial charge in [-0.05, 0) is 24.1 Å². The van der Waals surface area contributed by atoms with Gasteiger partial charge in [-0.2, -0.15) is 0 Å². The first kappa shape index (κ1) is 9.78. The van der Waals surface area contributed by atoms with Gasteiger partial charge in [0, 0.05) is 18.5 Å². The van der Waals surface area contributed by atoms with Crippen LogP contribution in [0.15, 0.2) is 35.7 Å². The maximum atomic E-state index is 13.7. The summed E-state index contributed by atoms with van der Waals surface area (Å²) < 4.78 is 13.7. The van der Waals surface area contributed by atoms with Crippen molar-refractivity contribution in [1.29, 1.82) is 0 Å². The number of halogens is 1. The number of allylic oxidation sites excluding steroid dienone is 2. The molecule has 1 saturated heterocycles. The highest BCUT2D eigenvalue weighted by Crippen LogP contribution is 2.41. The second kappa shape index (κ2) is 3.28. The van der Waals surface area contributed by atoms with Crippen LogP contribution in [0.4, 0.5) is 4.39 Å². The summed E-state index contributed by atoms with van der Waals surface area (Å²) in [6.07, 6.45) is 7.32. The molecule has 2 aliphatic heterocycles. The van der Waals surface area contributed by atoms with Gasteiger partial charge in [0.2, 0.25) is 5.91 Å². The lowest BCUT2D eigenvalue weighted by Gasteiger charge is -2.36. The maximum Gasteiger partial charge on any atom is 0.247 e. The summed E-state index contributed by atoms with van der Waals surface area (Å²) in [5.74, 6) is -0.121. The molecule has 1 amide bonds. The van der Waals surface area contributed by atoms with E-state index < -0.39 is 0 Å². The van der Waals surface area contributed by atoms with Crippen molar-refractivity contribution in [2.24, 2.45) is 11.7 Å². The van der Waals surface area contributed by atoms with Crippen LogP contribution in [0, 0.1) is 5.92 Å². The van der Waals surface area contributed by atoms with Crippen molar-refractivity contribution in [3.8, 4) is 0 Å². The minimum atomic E-state index is -0.190. The van der Waals surface area contributed by atoms with Crippen molar-refractivity contribution in [3.63, 3.8) is 0 Å². The average Bonchev–Trinajstić information content (AvgIpc) is 2.68. The lowest BCUT2D eigenvalue weighted by molar-refractivity contribution is -0.129. The average molecular weight is 220 g/mol. The minimum absolute atomic E-state index is 0.0465. The lowest BCUT2D eigenvalue weighted by atomic mass is 9.86. The van der Waals surface area contributed by atoms with Crippen LogP contribution in [0.25, 0.3) is 0 Å². The van der Waals surface area contributed by atoms with Gasteiger partial charge in [-0.25, -0.2) is 4.39 Å². The molecular weight excluding hydrogens is 207 g/mol. The van der Waals surface area contributed by atoms with E-state index in [0.29, 0.717) is 13.0 Å². The van der Waals surface area contributed by atoms with E-state index in [1.807, 2.05) is 12.2 Å². The van der Waals surface area contributed by atoms with E-state index in [-0.39, 0.29) is 29.7 Å². The van der Waals surface area contributed by atoms with Crippen LogP contribution in [0.3, 0.4) is 0 Å². The summed E-state index contributed by atoms with van der Waals surface area (Å²) in [5, 5.41) is 0. The van der Waals surface area contributed by atoms with Gasteiger partial charge in [0.25, 0.3) is 0 Å². The third kappa shape index (κ3) is 1.13. The smallest absolute Gasteiger partial charge is 0.247 e. The van der Waals surface area contributed by atoms with Crippen LogP contribution in [0.5, 0.6) is 0 Å². The van der Waals surface area contributed by atoms with Gasteiger partial charge in [0.15, 0.2) is 0 Å². The van der Waals surface area contributed by atoms with Crippen LogP contribution < -0.4 is 5.73 Å². The van der Waals surface area contributed by atoms with Gasteiger partial charge in [-0.1, -0.05) is 12.2 Å². The van der Waals surface area contributed by atoms with E-state index in [9.17, 15) is 9.18 Å². The molecule has 4 heteroatoms. The Hall–Kier alpha value is -1.42. The molecule has 2 N–H and O–H groups in total. The SMILES string of the molecule is NCC1CC2=C(F)C=CC3C=CC(=O)N1C23. The molecule has 0 spiro atoms. The zero-order chi connectivity index (χ0) is 11.3. The lowest BCUT2D eigenvalue weighted by Crippen LogP contribution is -2.48. The molecule has 84 valence electrons. The number of rotatable bonds is 1. The van der Waals surface area contributed by atoms with Gasteiger partial charge < -0.3 is 10.6 Å². The van der Waals surface area contributed by atoms with Crippen molar-refractivity contribution < 1.29 is 9.18 Å². The molecule has 0 aromatic carbocycles. The van der Waals surface area contributed by atoms with Crippen molar-refractivity contribution in [1.82, 2.24) is 4.90 Å². The Kier molecular flexibility index (Phi) is 2.01. The third-order valence-electron chi connectivity index (χ3n) is 3.63. The summed E-state index contributed by atoms with van der Waals surface area (Å²) >= 11 is 0. The molecule has 0 radical (unpaired) electrons. The predicted octanol–water partition coefficient (Wildman–Crippen LogP) is 0.894. The van der Waals surface area contributed by atoms with Gasteiger partial charge in [-0.3, -0.25) is 4.79 Å². The summed E-state index contributed by atoms with van der Waals surface area (Å²) in [6, 6.07) is -0.179. The molecule has 3 rings (SSSR count). The van der Waals surface area contributed by atoms with Gasteiger partial charge in [-0.15, -0.1) is 0 Å². The highest BCUT2D eigenvalue weighted by Gasteiger charge is 2.46. The normalized spacial score (nSPS) is 36.0. The number of hydrogen-bond acceptors (Lipinski definition) is 2. The topological polar surface area (TPSA) is 46.3 Å². The number of carbonyl (C=O) groups excluding carboxylic acids is 1. The van der Waals surface area contributed by atoms with Crippen LogP contribution in [-0.4, -0.2) is 29.4 Å². The third-order valence-corrected chi connectivity index (χ3v) is 3.63. The van der Waals surface area contributed by atoms with Gasteiger partial charge in [0.05, 0.1) is 6.04 Å². The van der Waals surface area contributed by atoms with Crippen molar-refractivity contribution in [2.45, 2.75) is 18.5 Å². The van der Waals surface area contributed by atoms with E-state index in [1.54, 1.807) is 11.0 Å². The quantitative estimate of drug-likeness (QED) is 0.713. The second-order valence-electron chi connectivity index (χ2n) is 4.45. The number of nitrogens with two attached hydrogens (primary N) is 1. The highest BCUT2D eigenvalue weighted by atomic mass is 19.1. The molecule has 3 nitrogen and oxygen atoms in total. The fourth-order valence-electron chi connectivity index (χ4n) is 2.90. The fourth-order valence-corrected chi connectivity index (χ4v) is 2.90. The first-order valence-corrected chi connectivity index (χ1v) is 5.49. The van der Waals surface area contributed by atoms with E-state index in [2.05, 4.69) is 0 Å². The Labute approximate surface area is 93.1 Å². The zero-order valence-electron chi connectivity index (χ0n) is 8.77. The molecule has 1 aliphatic carbocycles. The fraction of sp³-hybridized carbons (Fsp3) is 0.417. The first-order chi connectivity index (χ1) is 7.72. The molecule has 3 aliphatic rings. The summed E-state index contributed by atoms with van der Waals surface area (Å²) in [7, 11) is 0. The van der Waals surface area contributed by atoms with Crippen molar-refractivity contribution in [3.05, 3.63) is 35.7 Å². The van der Waals surface area contributed by atoms with Crippen molar-refractivity contribution >= 4 is 5.91 Å². The summed E-state index contributed by atoms with van der Waals surface area (Å²) in [4.78, 5) is 13.5. The Morgan fingerprint density at radius 2 is 2.19 bits per heavy atom. The Morgan fingerprint density at radius 1 is 1.44 bits per heavy atom. The van der Waals surface area contributed by atoms with Crippen LogP contribution >= 0.6 is 0 Å². The zero-order valence-corrected chi connectivity index (χ0v) is 8.77. The monoisotopic (exact) mass is 220 g/mol. The summed E-state index contributed by atoms with van der Waals surface area (Å²) in [6.45, 7) is 0.388. The highest BCUT2D eigenvalue weighted by molar-refractivity contribution is 5.90. The van der Waals surface area contributed by atoms with Crippen LogP contribution in [0.2, 0.25) is 0 Å². The summed E-state index contributed by atoms with van der Waals surface area (Å²) in [5.41, 5.74) is 6.38. The van der Waals surface area contributed by atoms with E-state index in [1.165, 1.54) is 6.08 Å². The molecule has 2 heterocycles. The maximum absolute atomic E-state index is 13.7. The first-order valence-electron chi connectivity index (χ1n) is 5.49. The number of hydrogen-bond donors (Lipinski definition) is 1. The Bertz CT molecular complexity index is 438. The molecule has 0 aromatic rings. The standard InChI is InChI=1S/C12H13FN2O/c13-10-3-1-7-2-4-11(16)15-8(6-14)5-9(10)12(7)15/h1-4,7-8,12H,5-6,14H2. The number of carbonyl (C=O) groups is 1. The minimum Gasteiger partial charge on any atom is -0.328 e. The molecule has 16 heavy (non-hydrogen) atoms. The molecule has 1 fully saturated rings. The van der Waals surface area contributed by atoms with Crippen LogP contribution in [-0.2, 0) is 4.79 Å². The van der Waals surface area contributed by atoms with E-state index in [0.717, 1.165) is 5.57 Å². The molecule has 0 aromatic heterocycles. The van der Waals surface area contributed by atoms with Crippen LogP contribution in [0.1, 0.15) is 6.42 Å². The van der Waals surface area contributed by atoms with Gasteiger partial charge in [0.1, 0.15) is 5.83 Å². The van der Waals surface area contributed by atoms with Gasteiger partial charge >= 0.3 is 0 Å². The molecule has 0 bridgehead atoms. The second-order valence-corrected chi connectivity index (χ2v) is 4.45. The number of nitrogens with zero attached hydrogens (tertiary/aromatic N) is 1. The van der Waals surface area contributed by atoms with Crippen molar-refractivity contribution in [2.75, 3.05) is 6.54 Å². The molecule has 3 atom stereocenters. The van der Waals surface area contributed by atoms with E-state index >= 15 is 0 Å². The predicted molar refractivity (Wildman–Crippen MR) is 58.0 cm³/mol. The Morgan fingerprint density at radius 3 is 2.94 bits per heavy atom. The molecule has 0 saturated carbocycles. The largest absolute Gasteiger partial charge is 0.328 e. The van der Waals surface area contributed by atoms with E-state index in [4.69, 9.17) is 5.73 Å². The Balaban J connectivity index is 2.10. The molecular formula is C12H13FN2O. The number of amides is 1. The molecule has 3 unspecified atom stereocenters.